The fourth-order valence-electron chi connectivity index (χ4n) is 6.07. The zero-order chi connectivity index (χ0) is 24.8. The van der Waals surface area contributed by atoms with Gasteiger partial charge in [0, 0.05) is 24.0 Å². The summed E-state index contributed by atoms with van der Waals surface area (Å²) < 4.78 is 22.1. The van der Waals surface area contributed by atoms with Crippen molar-refractivity contribution in [2.45, 2.75) is 70.0 Å². The SMILES string of the molecule is CC.CC(C(N)=O)c1ccccc1CCC12CCC3=Cc4c(ccn4-c4ccc(F)cc4)CC31O2. The van der Waals surface area contributed by atoms with Crippen LogP contribution in [-0.4, -0.2) is 21.7 Å². The number of rotatable bonds is 6. The minimum atomic E-state index is -0.296. The number of ether oxygens (including phenoxy) is 1. The molecule has 4 nitrogen and oxygen atoms in total. The van der Waals surface area contributed by atoms with Gasteiger partial charge in [-0.05, 0) is 91.3 Å². The number of amides is 1. The van der Waals surface area contributed by atoms with Gasteiger partial charge in [-0.15, -0.1) is 0 Å². The normalized spacial score (nSPS) is 24.3. The summed E-state index contributed by atoms with van der Waals surface area (Å²) in [7, 11) is 0. The first-order valence-electron chi connectivity index (χ1n) is 12.7. The van der Waals surface area contributed by atoms with Crippen LogP contribution in [-0.2, 0) is 22.4 Å². The number of hydrogen-bond donors (Lipinski definition) is 1. The maximum Gasteiger partial charge on any atom is 0.224 e. The Kier molecular flexibility index (Phi) is 5.92. The maximum atomic E-state index is 13.4. The van der Waals surface area contributed by atoms with Crippen molar-refractivity contribution >= 4 is 12.0 Å². The van der Waals surface area contributed by atoms with Crippen LogP contribution in [0.5, 0.6) is 0 Å². The van der Waals surface area contributed by atoms with Gasteiger partial charge < -0.3 is 15.0 Å². The number of hydrogen-bond acceptors (Lipinski definition) is 2. The molecule has 3 atom stereocenters. The highest BCUT2D eigenvalue weighted by Gasteiger charge is 2.74. The second-order valence-corrected chi connectivity index (χ2v) is 9.67. The lowest BCUT2D eigenvalue weighted by atomic mass is 9.80. The molecule has 0 bridgehead atoms. The highest BCUT2D eigenvalue weighted by molar-refractivity contribution is 5.81. The molecule has 3 aromatic rings. The number of halogens is 1. The first-order valence-corrected chi connectivity index (χ1v) is 12.7. The lowest BCUT2D eigenvalue weighted by molar-refractivity contribution is -0.119. The van der Waals surface area contributed by atoms with Crippen LogP contribution in [0.3, 0.4) is 0 Å². The number of epoxide rings is 1. The fraction of sp³-hybridized carbons (Fsp3) is 0.367. The van der Waals surface area contributed by atoms with Crippen LogP contribution in [0.1, 0.15) is 68.3 Å². The van der Waals surface area contributed by atoms with Crippen molar-refractivity contribution in [3.8, 4) is 5.69 Å². The van der Waals surface area contributed by atoms with Gasteiger partial charge in [-0.2, -0.15) is 0 Å². The highest BCUT2D eigenvalue weighted by Crippen LogP contribution is 2.67. The molecule has 1 spiro atoms. The fourth-order valence-corrected chi connectivity index (χ4v) is 6.07. The summed E-state index contributed by atoms with van der Waals surface area (Å²) in [5, 5.41) is 0. The number of aromatic nitrogens is 1. The Morgan fingerprint density at radius 1 is 1.14 bits per heavy atom. The molecule has 1 amide bonds. The van der Waals surface area contributed by atoms with Gasteiger partial charge in [-0.1, -0.05) is 38.1 Å². The third kappa shape index (κ3) is 3.73. The van der Waals surface area contributed by atoms with E-state index in [0.29, 0.717) is 0 Å². The first kappa shape index (κ1) is 23.6. The van der Waals surface area contributed by atoms with E-state index in [-0.39, 0.29) is 28.8 Å². The molecule has 2 fully saturated rings. The number of fused-ring (bicyclic) bond motifs is 1. The zero-order valence-electron chi connectivity index (χ0n) is 20.7. The smallest absolute Gasteiger partial charge is 0.224 e. The second-order valence-electron chi connectivity index (χ2n) is 9.67. The molecule has 2 heterocycles. The van der Waals surface area contributed by atoms with Gasteiger partial charge in [-0.3, -0.25) is 4.79 Å². The van der Waals surface area contributed by atoms with Crippen LogP contribution in [0.15, 0.2) is 66.4 Å². The van der Waals surface area contributed by atoms with Crippen LogP contribution < -0.4 is 5.73 Å². The van der Waals surface area contributed by atoms with Gasteiger partial charge in [0.1, 0.15) is 17.0 Å². The van der Waals surface area contributed by atoms with Crippen LogP contribution in [0.2, 0.25) is 0 Å². The highest BCUT2D eigenvalue weighted by atomic mass is 19.1. The van der Waals surface area contributed by atoms with Crippen molar-refractivity contribution in [3.63, 3.8) is 0 Å². The Bertz CT molecular complexity index is 1290. The van der Waals surface area contributed by atoms with Crippen molar-refractivity contribution in [2.75, 3.05) is 0 Å². The minimum absolute atomic E-state index is 0.127. The van der Waals surface area contributed by atoms with E-state index in [1.165, 1.54) is 34.5 Å². The summed E-state index contributed by atoms with van der Waals surface area (Å²) in [5.41, 5.74) is 12.2. The standard InChI is InChI=1S/C28H27FN2O2.C2H6/c1-18(26(30)32)24-5-3-2-4-19(24)10-13-27-14-11-21-16-25-20(17-28(21,27)33-27)12-15-31(25)23-8-6-22(29)7-9-23;1-2/h2-9,12,15-16,18H,10-11,13-14,17H2,1H3,(H2,30,32);1-2H3. The van der Waals surface area contributed by atoms with Crippen molar-refractivity contribution in [2.24, 2.45) is 5.73 Å². The molecule has 1 aromatic heterocycles. The van der Waals surface area contributed by atoms with Gasteiger partial charge in [0.15, 0.2) is 0 Å². The molecule has 182 valence electrons. The summed E-state index contributed by atoms with van der Waals surface area (Å²) in [6.07, 6.45) is 9.09. The molecule has 2 N–H and O–H groups in total. The minimum Gasteiger partial charge on any atom is -0.369 e. The summed E-state index contributed by atoms with van der Waals surface area (Å²) >= 11 is 0. The van der Waals surface area contributed by atoms with E-state index in [1.807, 2.05) is 51.1 Å². The van der Waals surface area contributed by atoms with Crippen molar-refractivity contribution in [1.29, 1.82) is 0 Å². The van der Waals surface area contributed by atoms with E-state index in [4.69, 9.17) is 10.5 Å². The molecule has 3 unspecified atom stereocenters. The number of nitrogens with zero attached hydrogens (tertiary/aromatic N) is 1. The molecule has 3 aliphatic rings. The van der Waals surface area contributed by atoms with E-state index in [2.05, 4.69) is 29.0 Å². The Balaban J connectivity index is 0.00000124. The average molecular weight is 473 g/mol. The number of benzene rings is 2. The molecule has 2 aromatic carbocycles. The molecule has 1 aliphatic heterocycles. The molecule has 1 saturated heterocycles. The lowest BCUT2D eigenvalue weighted by Crippen LogP contribution is -2.27. The third-order valence-corrected chi connectivity index (χ3v) is 8.00. The van der Waals surface area contributed by atoms with Gasteiger partial charge in [0.05, 0.1) is 5.92 Å². The van der Waals surface area contributed by atoms with Crippen LogP contribution in [0.25, 0.3) is 11.8 Å². The number of primary amides is 1. The van der Waals surface area contributed by atoms with Crippen LogP contribution >= 0.6 is 0 Å². The maximum absolute atomic E-state index is 13.4. The Labute approximate surface area is 206 Å². The van der Waals surface area contributed by atoms with Crippen LogP contribution in [0.4, 0.5) is 4.39 Å². The number of carbonyl (C=O) groups excluding carboxylic acids is 1. The van der Waals surface area contributed by atoms with E-state index in [9.17, 15) is 9.18 Å². The Morgan fingerprint density at radius 3 is 2.63 bits per heavy atom. The largest absolute Gasteiger partial charge is 0.369 e. The van der Waals surface area contributed by atoms with Gasteiger partial charge in [-0.25, -0.2) is 4.39 Å². The summed E-state index contributed by atoms with van der Waals surface area (Å²) in [6, 6.07) is 16.9. The molecule has 1 saturated carbocycles. The monoisotopic (exact) mass is 472 g/mol. The molecule has 5 heteroatoms. The number of carbonyl (C=O) groups is 1. The quantitative estimate of drug-likeness (QED) is 0.440. The number of aryl methyl sites for hydroxylation is 1. The Hall–Kier alpha value is -3.18. The first-order chi connectivity index (χ1) is 16.9. The van der Waals surface area contributed by atoms with Crippen molar-refractivity contribution < 1.29 is 13.9 Å². The Morgan fingerprint density at radius 2 is 1.89 bits per heavy atom. The molecule has 35 heavy (non-hydrogen) atoms. The van der Waals surface area contributed by atoms with E-state index < -0.39 is 0 Å². The molecule has 0 radical (unpaired) electrons. The second kappa shape index (κ2) is 8.80. The summed E-state index contributed by atoms with van der Waals surface area (Å²) in [4.78, 5) is 11.8. The third-order valence-electron chi connectivity index (χ3n) is 8.00. The predicted molar refractivity (Wildman–Crippen MR) is 137 cm³/mol. The van der Waals surface area contributed by atoms with Gasteiger partial charge >= 0.3 is 0 Å². The lowest BCUT2D eigenvalue weighted by Gasteiger charge is -2.21. The molecule has 6 rings (SSSR count). The summed E-state index contributed by atoms with van der Waals surface area (Å²) in [6.45, 7) is 5.87. The molecule has 2 aliphatic carbocycles. The van der Waals surface area contributed by atoms with Gasteiger partial charge in [0.25, 0.3) is 0 Å². The van der Waals surface area contributed by atoms with Crippen molar-refractivity contribution in [1.82, 2.24) is 4.57 Å². The molecular weight excluding hydrogens is 439 g/mol. The van der Waals surface area contributed by atoms with Crippen molar-refractivity contribution in [3.05, 3.63) is 94.6 Å². The summed E-state index contributed by atoms with van der Waals surface area (Å²) in [5.74, 6) is -0.817. The van der Waals surface area contributed by atoms with E-state index in [0.717, 1.165) is 43.4 Å². The number of nitrogens with two attached hydrogens (primary N) is 1. The topological polar surface area (TPSA) is 60.6 Å². The average Bonchev–Trinajstić information content (AvgIpc) is 3.15. The molecular formula is C30H33FN2O2. The van der Waals surface area contributed by atoms with E-state index >= 15 is 0 Å². The van der Waals surface area contributed by atoms with Gasteiger partial charge in [0.2, 0.25) is 5.91 Å². The zero-order valence-corrected chi connectivity index (χ0v) is 20.7. The predicted octanol–water partition coefficient (Wildman–Crippen LogP) is 6.11. The van der Waals surface area contributed by atoms with E-state index in [1.54, 1.807) is 0 Å². The van der Waals surface area contributed by atoms with Crippen LogP contribution in [0, 0.1) is 5.82 Å².